The maximum absolute atomic E-state index is 4.71. The monoisotopic (exact) mass is 334 g/mol. The summed E-state index contributed by atoms with van der Waals surface area (Å²) in [5.41, 5.74) is 3.55. The van der Waals surface area contributed by atoms with Gasteiger partial charge in [0.15, 0.2) is 5.65 Å². The molecule has 4 aromatic rings. The highest BCUT2D eigenvalue weighted by atomic mass is 15.2. The SMILES string of the molecule is c1cc2cn[nH]c2cc1-n1cnc2cnc(NC3CCNCC3)nc21. The van der Waals surface area contributed by atoms with Gasteiger partial charge in [-0.2, -0.15) is 10.1 Å². The highest BCUT2D eigenvalue weighted by Gasteiger charge is 2.15. The highest BCUT2D eigenvalue weighted by Crippen LogP contribution is 2.21. The van der Waals surface area contributed by atoms with Crippen LogP contribution in [0.1, 0.15) is 12.8 Å². The van der Waals surface area contributed by atoms with Crippen LogP contribution in [0.15, 0.2) is 36.9 Å². The van der Waals surface area contributed by atoms with Crippen LogP contribution >= 0.6 is 0 Å². The van der Waals surface area contributed by atoms with Crippen molar-refractivity contribution in [3.63, 3.8) is 0 Å². The Bertz CT molecular complexity index is 1030. The summed E-state index contributed by atoms with van der Waals surface area (Å²) >= 11 is 0. The van der Waals surface area contributed by atoms with Gasteiger partial charge in [0.05, 0.1) is 23.6 Å². The van der Waals surface area contributed by atoms with Crippen molar-refractivity contribution in [2.24, 2.45) is 0 Å². The lowest BCUT2D eigenvalue weighted by atomic mass is 10.1. The lowest BCUT2D eigenvalue weighted by Crippen LogP contribution is -2.35. The summed E-state index contributed by atoms with van der Waals surface area (Å²) in [6, 6.07) is 6.54. The molecule has 1 fully saturated rings. The van der Waals surface area contributed by atoms with Gasteiger partial charge in [0.2, 0.25) is 5.95 Å². The summed E-state index contributed by atoms with van der Waals surface area (Å²) in [7, 11) is 0. The second-order valence-corrected chi connectivity index (χ2v) is 6.33. The number of hydrogen-bond acceptors (Lipinski definition) is 6. The molecule has 1 aliphatic rings. The Hall–Kier alpha value is -3.00. The average Bonchev–Trinajstić information content (AvgIpc) is 3.28. The van der Waals surface area contributed by atoms with E-state index in [2.05, 4.69) is 30.8 Å². The molecular weight excluding hydrogens is 316 g/mol. The molecule has 3 N–H and O–H groups in total. The lowest BCUT2D eigenvalue weighted by Gasteiger charge is -2.23. The van der Waals surface area contributed by atoms with Crippen molar-refractivity contribution in [1.29, 1.82) is 0 Å². The third-order valence-corrected chi connectivity index (χ3v) is 4.67. The van der Waals surface area contributed by atoms with Gasteiger partial charge in [0, 0.05) is 11.4 Å². The first-order chi connectivity index (χ1) is 12.4. The van der Waals surface area contributed by atoms with Gasteiger partial charge in [-0.25, -0.2) is 9.97 Å². The van der Waals surface area contributed by atoms with E-state index in [0.717, 1.165) is 53.7 Å². The fourth-order valence-corrected chi connectivity index (χ4v) is 3.29. The van der Waals surface area contributed by atoms with Crippen LogP contribution in [0.3, 0.4) is 0 Å². The van der Waals surface area contributed by atoms with Crippen molar-refractivity contribution in [2.45, 2.75) is 18.9 Å². The molecule has 126 valence electrons. The van der Waals surface area contributed by atoms with Gasteiger partial charge in [-0.15, -0.1) is 0 Å². The van der Waals surface area contributed by atoms with E-state index in [1.807, 2.05) is 29.0 Å². The number of rotatable bonds is 3. The molecule has 0 amide bonds. The van der Waals surface area contributed by atoms with Crippen LogP contribution in [0.4, 0.5) is 5.95 Å². The first-order valence-electron chi connectivity index (χ1n) is 8.48. The maximum atomic E-state index is 4.71. The predicted molar refractivity (Wildman–Crippen MR) is 95.8 cm³/mol. The summed E-state index contributed by atoms with van der Waals surface area (Å²) in [5, 5.41) is 15.0. The number of nitrogens with zero attached hydrogens (tertiary/aromatic N) is 5. The largest absolute Gasteiger partial charge is 0.351 e. The molecule has 1 saturated heterocycles. The molecule has 8 heteroatoms. The second kappa shape index (κ2) is 5.82. The standard InChI is InChI=1S/C17H18N8/c1-2-13(7-14-11(1)8-21-24-14)25-10-20-15-9-19-17(23-16(15)25)22-12-3-5-18-6-4-12/h1-2,7-10,12,18H,3-6H2,(H,21,24)(H,19,22,23). The molecular formula is C17H18N8. The van der Waals surface area contributed by atoms with Crippen molar-refractivity contribution in [2.75, 3.05) is 18.4 Å². The van der Waals surface area contributed by atoms with E-state index in [9.17, 15) is 0 Å². The third kappa shape index (κ3) is 2.60. The van der Waals surface area contributed by atoms with Gasteiger partial charge in [0.1, 0.15) is 11.8 Å². The Kier molecular flexibility index (Phi) is 3.34. The van der Waals surface area contributed by atoms with E-state index < -0.39 is 0 Å². The predicted octanol–water partition coefficient (Wildman–Crippen LogP) is 1.86. The molecule has 25 heavy (non-hydrogen) atoms. The van der Waals surface area contributed by atoms with Gasteiger partial charge in [-0.1, -0.05) is 0 Å². The fourth-order valence-electron chi connectivity index (χ4n) is 3.29. The van der Waals surface area contributed by atoms with E-state index in [1.54, 1.807) is 12.5 Å². The maximum Gasteiger partial charge on any atom is 0.224 e. The van der Waals surface area contributed by atoms with Gasteiger partial charge in [-0.3, -0.25) is 9.67 Å². The fraction of sp³-hybridized carbons (Fsp3) is 0.294. The molecule has 0 atom stereocenters. The molecule has 5 rings (SSSR count). The van der Waals surface area contributed by atoms with Gasteiger partial charge < -0.3 is 10.6 Å². The molecule has 0 radical (unpaired) electrons. The van der Waals surface area contributed by atoms with E-state index in [0.29, 0.717) is 12.0 Å². The molecule has 4 heterocycles. The minimum Gasteiger partial charge on any atom is -0.351 e. The average molecular weight is 334 g/mol. The summed E-state index contributed by atoms with van der Waals surface area (Å²) in [5.74, 6) is 0.656. The number of benzene rings is 1. The number of fused-ring (bicyclic) bond motifs is 2. The molecule has 8 nitrogen and oxygen atoms in total. The quantitative estimate of drug-likeness (QED) is 0.529. The molecule has 0 aliphatic carbocycles. The van der Waals surface area contributed by atoms with Crippen molar-refractivity contribution >= 4 is 28.0 Å². The first kappa shape index (κ1) is 14.4. The number of nitrogens with one attached hydrogen (secondary N) is 3. The number of piperidine rings is 1. The molecule has 1 aliphatic heterocycles. The Morgan fingerprint density at radius 1 is 1.12 bits per heavy atom. The summed E-state index contributed by atoms with van der Waals surface area (Å²) in [6.07, 6.45) is 7.53. The van der Waals surface area contributed by atoms with Crippen LogP contribution < -0.4 is 10.6 Å². The number of H-pyrrole nitrogens is 1. The van der Waals surface area contributed by atoms with E-state index >= 15 is 0 Å². The molecule has 0 saturated carbocycles. The van der Waals surface area contributed by atoms with E-state index in [-0.39, 0.29) is 0 Å². The van der Waals surface area contributed by atoms with Gasteiger partial charge in [-0.05, 0) is 44.1 Å². The van der Waals surface area contributed by atoms with Gasteiger partial charge >= 0.3 is 0 Å². The Morgan fingerprint density at radius 2 is 2.04 bits per heavy atom. The van der Waals surface area contributed by atoms with Crippen LogP contribution in [0, 0.1) is 0 Å². The first-order valence-corrected chi connectivity index (χ1v) is 8.48. The van der Waals surface area contributed by atoms with Crippen LogP contribution in [-0.2, 0) is 0 Å². The molecule has 0 bridgehead atoms. The van der Waals surface area contributed by atoms with E-state index in [4.69, 9.17) is 4.98 Å². The number of imidazole rings is 1. The number of aromatic nitrogens is 6. The number of anilines is 1. The topological polar surface area (TPSA) is 96.3 Å². The van der Waals surface area contributed by atoms with Crippen molar-refractivity contribution in [1.82, 2.24) is 35.0 Å². The Morgan fingerprint density at radius 3 is 2.96 bits per heavy atom. The van der Waals surface area contributed by atoms with Crippen LogP contribution in [0.5, 0.6) is 0 Å². The van der Waals surface area contributed by atoms with Crippen LogP contribution in [0.25, 0.3) is 27.8 Å². The summed E-state index contributed by atoms with van der Waals surface area (Å²) in [4.78, 5) is 13.5. The van der Waals surface area contributed by atoms with Crippen LogP contribution in [0.2, 0.25) is 0 Å². The minimum atomic E-state index is 0.413. The molecule has 0 spiro atoms. The normalized spacial score (nSPS) is 15.8. The Balaban J connectivity index is 1.53. The summed E-state index contributed by atoms with van der Waals surface area (Å²) < 4.78 is 1.98. The highest BCUT2D eigenvalue weighted by molar-refractivity contribution is 5.81. The molecule has 3 aromatic heterocycles. The number of aromatic amines is 1. The van der Waals surface area contributed by atoms with E-state index in [1.165, 1.54) is 0 Å². The van der Waals surface area contributed by atoms with Gasteiger partial charge in [0.25, 0.3) is 0 Å². The van der Waals surface area contributed by atoms with Crippen LogP contribution in [-0.4, -0.2) is 48.8 Å². The minimum absolute atomic E-state index is 0.413. The number of hydrogen-bond donors (Lipinski definition) is 3. The summed E-state index contributed by atoms with van der Waals surface area (Å²) in [6.45, 7) is 2.06. The zero-order chi connectivity index (χ0) is 16.6. The zero-order valence-corrected chi connectivity index (χ0v) is 13.6. The van der Waals surface area contributed by atoms with Crippen molar-refractivity contribution < 1.29 is 0 Å². The zero-order valence-electron chi connectivity index (χ0n) is 13.6. The lowest BCUT2D eigenvalue weighted by molar-refractivity contribution is 0.477. The Labute approximate surface area is 143 Å². The molecule has 0 unspecified atom stereocenters. The van der Waals surface area contributed by atoms with Crippen molar-refractivity contribution in [3.8, 4) is 5.69 Å². The third-order valence-electron chi connectivity index (χ3n) is 4.67. The second-order valence-electron chi connectivity index (χ2n) is 6.33. The smallest absolute Gasteiger partial charge is 0.224 e. The molecule has 1 aromatic carbocycles. The van der Waals surface area contributed by atoms with Crippen molar-refractivity contribution in [3.05, 3.63) is 36.9 Å².